The molecule has 0 amide bonds. The van der Waals surface area contributed by atoms with Gasteiger partial charge in [-0.15, -0.1) is 0 Å². The average molecular weight is 358 g/mol. The first kappa shape index (κ1) is 16.2. The standard InChI is InChI=1S/C12H15Cl3N2O2S/c13-9-6-11(15)12(7-10(9)14)17-20(18,19)5-1-4-16-8-2-3-8/h6-8,16-17H,1-5H2. The number of anilines is 1. The molecule has 0 heterocycles. The Morgan fingerprint density at radius 1 is 1.10 bits per heavy atom. The molecule has 112 valence electrons. The summed E-state index contributed by atoms with van der Waals surface area (Å²) in [6.07, 6.45) is 2.92. The third-order valence-corrected chi connectivity index (χ3v) is 5.27. The van der Waals surface area contributed by atoms with Crippen molar-refractivity contribution >= 4 is 50.5 Å². The van der Waals surface area contributed by atoms with E-state index >= 15 is 0 Å². The smallest absolute Gasteiger partial charge is 0.232 e. The molecule has 0 spiro atoms. The van der Waals surface area contributed by atoms with Crippen molar-refractivity contribution in [2.24, 2.45) is 0 Å². The van der Waals surface area contributed by atoms with E-state index in [4.69, 9.17) is 34.8 Å². The average Bonchev–Trinajstić information content (AvgIpc) is 3.15. The van der Waals surface area contributed by atoms with Crippen LogP contribution < -0.4 is 10.0 Å². The normalized spacial score (nSPS) is 15.3. The fourth-order valence-electron chi connectivity index (χ4n) is 1.68. The Morgan fingerprint density at radius 3 is 2.40 bits per heavy atom. The van der Waals surface area contributed by atoms with Gasteiger partial charge in [0.2, 0.25) is 10.0 Å². The van der Waals surface area contributed by atoms with Gasteiger partial charge in [-0.25, -0.2) is 8.42 Å². The van der Waals surface area contributed by atoms with Gasteiger partial charge in [0, 0.05) is 6.04 Å². The van der Waals surface area contributed by atoms with Gasteiger partial charge >= 0.3 is 0 Å². The fourth-order valence-corrected chi connectivity index (χ4v) is 3.46. The van der Waals surface area contributed by atoms with E-state index in [1.807, 2.05) is 0 Å². The van der Waals surface area contributed by atoms with Gasteiger partial charge < -0.3 is 5.32 Å². The zero-order valence-electron chi connectivity index (χ0n) is 10.6. The molecule has 1 aliphatic rings. The van der Waals surface area contributed by atoms with Crippen LogP contribution in [0.5, 0.6) is 0 Å². The highest BCUT2D eigenvalue weighted by atomic mass is 35.5. The molecule has 0 saturated heterocycles. The summed E-state index contributed by atoms with van der Waals surface area (Å²) in [4.78, 5) is 0. The van der Waals surface area contributed by atoms with Crippen molar-refractivity contribution in [1.82, 2.24) is 5.32 Å². The summed E-state index contributed by atoms with van der Waals surface area (Å²) in [6, 6.07) is 3.40. The second-order valence-corrected chi connectivity index (χ2v) is 7.81. The predicted molar refractivity (Wildman–Crippen MR) is 84.5 cm³/mol. The van der Waals surface area contributed by atoms with E-state index < -0.39 is 10.0 Å². The van der Waals surface area contributed by atoms with E-state index in [1.54, 1.807) is 0 Å². The first-order valence-corrected chi connectivity index (χ1v) is 9.04. The highest BCUT2D eigenvalue weighted by Gasteiger charge is 2.20. The van der Waals surface area contributed by atoms with Crippen LogP contribution in [0.25, 0.3) is 0 Å². The molecule has 1 saturated carbocycles. The maximum Gasteiger partial charge on any atom is 0.232 e. The second kappa shape index (κ2) is 6.71. The van der Waals surface area contributed by atoms with Crippen LogP contribution in [0.4, 0.5) is 5.69 Å². The molecule has 1 aliphatic carbocycles. The molecular weight excluding hydrogens is 343 g/mol. The Bertz CT molecular complexity index is 589. The van der Waals surface area contributed by atoms with Crippen molar-refractivity contribution in [3.05, 3.63) is 27.2 Å². The molecule has 2 rings (SSSR count). The predicted octanol–water partition coefficient (Wildman–Crippen LogP) is 3.53. The molecule has 1 aromatic carbocycles. The zero-order chi connectivity index (χ0) is 14.8. The molecule has 8 heteroatoms. The molecule has 0 unspecified atom stereocenters. The maximum atomic E-state index is 11.9. The number of hydrogen-bond donors (Lipinski definition) is 2. The van der Waals surface area contributed by atoms with Crippen LogP contribution in [-0.4, -0.2) is 26.8 Å². The number of halogens is 3. The Morgan fingerprint density at radius 2 is 1.75 bits per heavy atom. The highest BCUT2D eigenvalue weighted by Crippen LogP contribution is 2.32. The number of hydrogen-bond acceptors (Lipinski definition) is 3. The van der Waals surface area contributed by atoms with Crippen molar-refractivity contribution in [2.45, 2.75) is 25.3 Å². The number of benzene rings is 1. The van der Waals surface area contributed by atoms with Gasteiger partial charge in [-0.3, -0.25) is 4.72 Å². The highest BCUT2D eigenvalue weighted by molar-refractivity contribution is 7.92. The van der Waals surface area contributed by atoms with E-state index in [9.17, 15) is 8.42 Å². The molecule has 1 aromatic rings. The van der Waals surface area contributed by atoms with Gasteiger partial charge in [0.05, 0.1) is 26.5 Å². The van der Waals surface area contributed by atoms with Crippen LogP contribution in [0.2, 0.25) is 15.1 Å². The molecule has 0 aliphatic heterocycles. The molecule has 0 aromatic heterocycles. The van der Waals surface area contributed by atoms with E-state index in [0.717, 1.165) is 0 Å². The Balaban J connectivity index is 1.91. The van der Waals surface area contributed by atoms with Crippen molar-refractivity contribution in [3.63, 3.8) is 0 Å². The lowest BCUT2D eigenvalue weighted by Crippen LogP contribution is -2.23. The number of nitrogens with one attached hydrogen (secondary N) is 2. The van der Waals surface area contributed by atoms with E-state index in [-0.39, 0.29) is 26.5 Å². The van der Waals surface area contributed by atoms with Crippen LogP contribution in [0.3, 0.4) is 0 Å². The molecule has 2 N–H and O–H groups in total. The van der Waals surface area contributed by atoms with Crippen LogP contribution in [-0.2, 0) is 10.0 Å². The lowest BCUT2D eigenvalue weighted by atomic mass is 10.3. The third-order valence-electron chi connectivity index (χ3n) is 2.88. The van der Waals surface area contributed by atoms with Gasteiger partial charge in [0.25, 0.3) is 0 Å². The molecule has 20 heavy (non-hydrogen) atoms. The minimum Gasteiger partial charge on any atom is -0.314 e. The Labute approximate surface area is 133 Å². The fraction of sp³-hybridized carbons (Fsp3) is 0.500. The van der Waals surface area contributed by atoms with E-state index in [1.165, 1.54) is 25.0 Å². The largest absolute Gasteiger partial charge is 0.314 e. The first-order valence-electron chi connectivity index (χ1n) is 6.26. The van der Waals surface area contributed by atoms with Gasteiger partial charge in [-0.1, -0.05) is 34.8 Å². The summed E-state index contributed by atoms with van der Waals surface area (Å²) in [5.74, 6) is 0.0310. The van der Waals surface area contributed by atoms with Crippen molar-refractivity contribution < 1.29 is 8.42 Å². The summed E-state index contributed by atoms with van der Waals surface area (Å²) in [6.45, 7) is 0.695. The van der Waals surface area contributed by atoms with Crippen molar-refractivity contribution in [3.8, 4) is 0 Å². The molecule has 0 radical (unpaired) electrons. The Kier molecular flexibility index (Phi) is 5.42. The summed E-state index contributed by atoms with van der Waals surface area (Å²) in [5.41, 5.74) is 0.246. The Hall–Kier alpha value is -0.200. The molecule has 0 atom stereocenters. The van der Waals surface area contributed by atoms with E-state index in [2.05, 4.69) is 10.0 Å². The molecular formula is C12H15Cl3N2O2S. The molecule has 4 nitrogen and oxygen atoms in total. The summed E-state index contributed by atoms with van der Waals surface area (Å²) in [7, 11) is -3.44. The van der Waals surface area contributed by atoms with Crippen LogP contribution in [0, 0.1) is 0 Å². The number of rotatable bonds is 7. The van der Waals surface area contributed by atoms with Crippen molar-refractivity contribution in [1.29, 1.82) is 0 Å². The van der Waals surface area contributed by atoms with Crippen LogP contribution in [0.15, 0.2) is 12.1 Å². The van der Waals surface area contributed by atoms with Gasteiger partial charge in [0.15, 0.2) is 0 Å². The molecule has 1 fully saturated rings. The number of sulfonamides is 1. The SMILES string of the molecule is O=S(=O)(CCCNC1CC1)Nc1cc(Cl)c(Cl)cc1Cl. The van der Waals surface area contributed by atoms with Gasteiger partial charge in [-0.05, 0) is 37.9 Å². The lowest BCUT2D eigenvalue weighted by molar-refractivity contribution is 0.593. The van der Waals surface area contributed by atoms with E-state index in [0.29, 0.717) is 19.0 Å². The minimum absolute atomic E-state index is 0.0310. The zero-order valence-corrected chi connectivity index (χ0v) is 13.7. The van der Waals surface area contributed by atoms with Crippen LogP contribution >= 0.6 is 34.8 Å². The first-order chi connectivity index (χ1) is 9.37. The molecule has 0 bridgehead atoms. The van der Waals surface area contributed by atoms with Gasteiger partial charge in [0.1, 0.15) is 0 Å². The third kappa shape index (κ3) is 4.97. The maximum absolute atomic E-state index is 11.9. The topological polar surface area (TPSA) is 58.2 Å². The van der Waals surface area contributed by atoms with Crippen molar-refractivity contribution in [2.75, 3.05) is 17.0 Å². The summed E-state index contributed by atoms with van der Waals surface area (Å²) < 4.78 is 26.3. The lowest BCUT2D eigenvalue weighted by Gasteiger charge is -2.11. The summed E-state index contributed by atoms with van der Waals surface area (Å²) in [5, 5.41) is 4.02. The van der Waals surface area contributed by atoms with Crippen LogP contribution in [0.1, 0.15) is 19.3 Å². The minimum atomic E-state index is -3.44. The second-order valence-electron chi connectivity index (χ2n) is 4.75. The monoisotopic (exact) mass is 356 g/mol. The summed E-state index contributed by atoms with van der Waals surface area (Å²) >= 11 is 17.6. The van der Waals surface area contributed by atoms with Gasteiger partial charge in [-0.2, -0.15) is 0 Å². The quantitative estimate of drug-likeness (QED) is 0.580.